The van der Waals surface area contributed by atoms with Crippen LogP contribution in [0.5, 0.6) is 46.0 Å². The second-order valence-electron chi connectivity index (χ2n) is 31.3. The van der Waals surface area contributed by atoms with Crippen molar-refractivity contribution in [1.29, 1.82) is 0 Å². The molecule has 9 amide bonds. The summed E-state index contributed by atoms with van der Waals surface area (Å²) in [6.07, 6.45) is -16.3. The van der Waals surface area contributed by atoms with Crippen molar-refractivity contribution in [2.75, 3.05) is 31.5 Å². The van der Waals surface area contributed by atoms with Crippen molar-refractivity contribution in [3.8, 4) is 57.1 Å². The van der Waals surface area contributed by atoms with Gasteiger partial charge in [0.15, 0.2) is 23.9 Å². The van der Waals surface area contributed by atoms with Crippen LogP contribution in [0.1, 0.15) is 116 Å². The van der Waals surface area contributed by atoms with Crippen molar-refractivity contribution in [3.05, 3.63) is 182 Å². The number of aliphatic hydroxyl groups is 6. The third kappa shape index (κ3) is 21.3. The topological polar surface area (TPSA) is 598 Å². The summed E-state index contributed by atoms with van der Waals surface area (Å²) in [5.41, 5.74) is 9.71. The highest BCUT2D eigenvalue weighted by molar-refractivity contribution is 7.92. The van der Waals surface area contributed by atoms with Crippen LogP contribution in [-0.2, 0) is 67.4 Å². The van der Waals surface area contributed by atoms with Crippen LogP contribution in [0, 0.1) is 12.8 Å². The van der Waals surface area contributed by atoms with Gasteiger partial charge in [0.1, 0.15) is 95.5 Å². The molecule has 18 atom stereocenters. The van der Waals surface area contributed by atoms with Crippen LogP contribution in [0.2, 0.25) is 10.0 Å². The normalized spacial score (nSPS) is 26.1. The first kappa shape index (κ1) is 92.4. The van der Waals surface area contributed by atoms with Crippen LogP contribution in [-0.4, -0.2) is 213 Å². The fourth-order valence-corrected chi connectivity index (χ4v) is 16.3. The number of aromatic hydroxyl groups is 3. The number of nitrogens with one attached hydrogen (secondary N) is 10. The molecule has 0 aliphatic carbocycles. The van der Waals surface area contributed by atoms with Crippen molar-refractivity contribution in [2.24, 2.45) is 17.4 Å². The van der Waals surface area contributed by atoms with Crippen molar-refractivity contribution >= 4 is 98.2 Å². The first-order valence-corrected chi connectivity index (χ1v) is 41.6. The highest BCUT2D eigenvalue weighted by atomic mass is 35.5. The summed E-state index contributed by atoms with van der Waals surface area (Å²) in [5, 5.41) is 128. The van der Waals surface area contributed by atoms with Crippen LogP contribution >= 0.6 is 23.2 Å². The number of carbonyl (C=O) groups is 9. The molecule has 23 N–H and O–H groups in total. The summed E-state index contributed by atoms with van der Waals surface area (Å²) >= 11 is 14.3. The van der Waals surface area contributed by atoms with Gasteiger partial charge in [-0.1, -0.05) is 85.1 Å². The fourth-order valence-electron chi connectivity index (χ4n) is 14.8. The summed E-state index contributed by atoms with van der Waals surface area (Å²) in [6.45, 7) is 6.72. The zero-order valence-corrected chi connectivity index (χ0v) is 70.0. The lowest BCUT2D eigenvalue weighted by atomic mass is 9.86. The number of primary amides is 1. The largest absolute Gasteiger partial charge is 0.508 e. The maximum Gasteiger partial charge on any atom is 0.261 e. The molecule has 7 aliphatic heterocycles. The van der Waals surface area contributed by atoms with Gasteiger partial charge < -0.3 is 134 Å². The Bertz CT molecular complexity index is 5440. The van der Waals surface area contributed by atoms with Crippen molar-refractivity contribution in [3.63, 3.8) is 0 Å². The number of benzene rings is 7. The van der Waals surface area contributed by atoms with Gasteiger partial charge in [-0.05, 0) is 158 Å². The molecule has 11 bridgehead atoms. The molecular weight excluding hydrogens is 1700 g/mol. The van der Waals surface area contributed by atoms with E-state index in [9.17, 15) is 78.3 Å². The zero-order valence-electron chi connectivity index (χ0n) is 67.7. The van der Waals surface area contributed by atoms with E-state index in [0.717, 1.165) is 78.4 Å². The molecule has 0 radical (unpaired) electrons. The molecule has 0 aromatic heterocycles. The van der Waals surface area contributed by atoms with Crippen molar-refractivity contribution in [2.45, 2.75) is 168 Å². The Hall–Kier alpha value is -11.8. The highest BCUT2D eigenvalue weighted by Gasteiger charge is 2.52. The number of nitrogens with two attached hydrogens (primary N) is 2. The molecule has 666 valence electrons. The Labute approximate surface area is 724 Å². The minimum absolute atomic E-state index is 0.0422. The molecule has 7 heterocycles. The first-order valence-electron chi connectivity index (χ1n) is 39.4. The van der Waals surface area contributed by atoms with Gasteiger partial charge in [0.25, 0.3) is 10.0 Å². The van der Waals surface area contributed by atoms with Gasteiger partial charge >= 0.3 is 0 Å². The smallest absolute Gasteiger partial charge is 0.261 e. The summed E-state index contributed by atoms with van der Waals surface area (Å²) in [5.74, 6) is -16.2. The average molecular weight is 1790 g/mol. The highest BCUT2D eigenvalue weighted by Crippen LogP contribution is 2.50. The van der Waals surface area contributed by atoms with E-state index >= 15 is 19.2 Å². The summed E-state index contributed by atoms with van der Waals surface area (Å²) in [7, 11) is -2.47. The number of phenolic OH excluding ortho intramolecular Hbond substituents is 3. The lowest BCUT2D eigenvalue weighted by Gasteiger charge is -2.47. The van der Waals surface area contributed by atoms with E-state index in [-0.39, 0.29) is 63.3 Å². The number of hydrogen-bond donors (Lipinski definition) is 21. The number of rotatable bonds is 21. The number of sulfonamides is 1. The van der Waals surface area contributed by atoms with E-state index in [1.54, 1.807) is 24.3 Å². The number of anilines is 1. The molecule has 2 saturated heterocycles. The number of aryl methyl sites for hydroxylation is 1. The average Bonchev–Trinajstić information content (AvgIpc) is 0.762. The Morgan fingerprint density at radius 1 is 0.688 bits per heavy atom. The van der Waals surface area contributed by atoms with Crippen molar-refractivity contribution in [1.82, 2.24) is 47.9 Å². The molecule has 7 aromatic rings. The SMILES string of the molecule is CN[C@H](CC(C)C)C(=O)N[C@H]1C(=O)N[C@@H](CC(N)=O)C(=O)NC2C(=O)N[C@H]3C(=O)N[C@H](C(=O)NC(C(=O)NCCNC(=O)/C=C/c4ccc(NS(=O)(=O)c5ccc(C)cc5)cc4)c4cc(O)cc(O)c4-c4cc3ccc4O)[C@H](O)c3ccc(c(Cl)c3)Oc3cc2cc(c3O[C@@H]2O[C@H](CO)[C@@H](O)[C@H](O)[C@H]2OC2C[C@](C)(N)[C@H](O)[C@H](C)O2)Oc2ccc(cc2Cl)[C@H]1O. The minimum atomic E-state index is -3.94. The number of fused-ring (bicyclic) bond motifs is 15. The van der Waals surface area contributed by atoms with Gasteiger partial charge in [0, 0.05) is 54.0 Å². The third-order valence-corrected chi connectivity index (χ3v) is 23.4. The van der Waals surface area contributed by atoms with Crippen LogP contribution in [0.4, 0.5) is 5.69 Å². The summed E-state index contributed by atoms with van der Waals surface area (Å²) in [6, 6.07) is 11.7. The lowest BCUT2D eigenvalue weighted by molar-refractivity contribution is -0.333. The number of halogens is 2. The van der Waals surface area contributed by atoms with Crippen molar-refractivity contribution < 1.29 is 126 Å². The van der Waals surface area contributed by atoms with Crippen LogP contribution in [0.15, 0.2) is 138 Å². The second-order valence-corrected chi connectivity index (χ2v) is 33.8. The Kier molecular flexibility index (Phi) is 28.6. The van der Waals surface area contributed by atoms with Crippen LogP contribution in [0.25, 0.3) is 17.2 Å². The fraction of sp³-hybridized carbons (Fsp3) is 0.369. The standard InChI is InChI=1S/C84H94Cl2N12O26S/c1-36(2)25-51(89-6)76(110)96-67-69(105)41-13-20-55(49(85)27-41)120-57-29-43-30-58(73(57)124-83-74(72(108)71(107)59(35-99)122-83)123-62-34-84(5,88)75(109)38(4)119-62)121-56-21-14-42(28-50(56)86)70(106)68-82(116)95-66(78(112)91-24-23-90-61(104)22-11-39-9-15-44(16-10-39)98-125(117,118)46-17-7-37(3)8-18-46)48-31-45(100)32-54(102)63(48)47-26-40(12-19-53(47)101)64(79(113)97-68)94-80(114)65(43)93-77(111)52(33-60(87)103)92-81(67)115/h7-22,26-32,36,38,51-52,59,62,64-72,74-75,83,89,98-102,105-109H,23-25,33-35,88H2,1-6H3,(H2,87,103)(H,90,104)(H,91,112)(H,92,115)(H,93,111)(H,94,114)(H,95,116)(H,96,110)(H,97,113)/b22-11+/t38-,51+,52-,59+,62?,64+,65?,66?,67+,68-,69+,70+,71+,72-,74+,75+,83-,84-/m0/s1. The summed E-state index contributed by atoms with van der Waals surface area (Å²) < 4.78 is 67.2. The van der Waals surface area contributed by atoms with Gasteiger partial charge in [0.05, 0.1) is 46.2 Å². The molecule has 7 aromatic carbocycles. The maximum atomic E-state index is 16.3. The van der Waals surface area contributed by atoms with Gasteiger partial charge in [0.2, 0.25) is 65.2 Å². The van der Waals surface area contributed by atoms with Gasteiger partial charge in [-0.25, -0.2) is 8.42 Å². The third-order valence-electron chi connectivity index (χ3n) is 21.4. The monoisotopic (exact) mass is 1790 g/mol. The number of amides is 9. The van der Waals surface area contributed by atoms with E-state index in [1.165, 1.54) is 63.4 Å². The molecule has 0 saturated carbocycles. The number of carbonyl (C=O) groups excluding carboxylic acids is 9. The van der Waals surface area contributed by atoms with E-state index < -0.39 is 260 Å². The number of hydrogen-bond acceptors (Lipinski definition) is 28. The van der Waals surface area contributed by atoms with E-state index in [4.69, 9.17) is 63.1 Å². The Balaban J connectivity index is 0.976. The number of ether oxygens (including phenoxy) is 6. The lowest BCUT2D eigenvalue weighted by Crippen LogP contribution is -2.64. The van der Waals surface area contributed by atoms with Gasteiger partial charge in [-0.3, -0.25) is 47.9 Å². The molecule has 0 spiro atoms. The molecule has 125 heavy (non-hydrogen) atoms. The molecule has 14 rings (SSSR count). The molecule has 2 fully saturated rings. The molecular formula is C84H94Cl2N12O26S. The van der Waals surface area contributed by atoms with Gasteiger partial charge in [-0.15, -0.1) is 0 Å². The number of aliphatic hydroxyl groups excluding tert-OH is 6. The molecule has 41 heteroatoms. The zero-order chi connectivity index (χ0) is 90.5. The van der Waals surface area contributed by atoms with E-state index in [1.807, 2.05) is 20.8 Å². The Morgan fingerprint density at radius 2 is 1.30 bits per heavy atom. The van der Waals surface area contributed by atoms with Crippen LogP contribution < -0.4 is 78.3 Å². The molecule has 7 aliphatic rings. The number of likely N-dealkylation sites (N-methyl/N-ethyl adjacent to an activating group) is 1. The Morgan fingerprint density at radius 3 is 1.92 bits per heavy atom. The predicted molar refractivity (Wildman–Crippen MR) is 445 cm³/mol. The molecule has 3 unspecified atom stereocenters. The molecule has 38 nitrogen and oxygen atoms in total. The maximum absolute atomic E-state index is 16.3. The first-order chi connectivity index (χ1) is 59.2. The predicted octanol–water partition coefficient (Wildman–Crippen LogP) is 2.08. The van der Waals surface area contributed by atoms with Gasteiger partial charge in [-0.2, -0.15) is 0 Å². The van der Waals surface area contributed by atoms with Crippen LogP contribution in [0.3, 0.4) is 0 Å². The summed E-state index contributed by atoms with van der Waals surface area (Å²) in [4.78, 5) is 134. The minimum Gasteiger partial charge on any atom is -0.508 e. The quantitative estimate of drug-likeness (QED) is 0.0362. The second kappa shape index (κ2) is 38.8. The number of phenols is 3. The van der Waals surface area contributed by atoms with E-state index in [0.29, 0.717) is 5.56 Å². The van der Waals surface area contributed by atoms with E-state index in [2.05, 4.69) is 52.6 Å².